The zero-order chi connectivity index (χ0) is 19.0. The molecule has 0 bridgehead atoms. The number of amides is 1. The molecule has 8 nitrogen and oxygen atoms in total. The highest BCUT2D eigenvalue weighted by Crippen LogP contribution is 2.38. The Kier molecular flexibility index (Phi) is 4.21. The van der Waals surface area contributed by atoms with Gasteiger partial charge in [0.25, 0.3) is 0 Å². The number of hydrazone groups is 1. The summed E-state index contributed by atoms with van der Waals surface area (Å²) in [5.41, 5.74) is 1.25. The van der Waals surface area contributed by atoms with Crippen molar-refractivity contribution < 1.29 is 19.2 Å². The summed E-state index contributed by atoms with van der Waals surface area (Å²) in [7, 11) is 0. The molecular formula is C18H13N3O5S. The van der Waals surface area contributed by atoms with Gasteiger partial charge in [-0.25, -0.2) is 5.01 Å². The minimum Gasteiger partial charge on any atom is -0.508 e. The molecule has 136 valence electrons. The maximum atomic E-state index is 12.9. The average molecular weight is 383 g/mol. The highest BCUT2D eigenvalue weighted by molar-refractivity contribution is 7.12. The van der Waals surface area contributed by atoms with Gasteiger partial charge in [0.05, 0.1) is 22.7 Å². The number of phenolic OH excluding ortho intramolecular Hbond substituents is 1. The number of para-hydroxylation sites is 1. The standard InChI is InChI=1S/C18H13N3O5S/c22-14-5-2-1-4-11(14)13-10-12(16-6-3-9-27-16)19-20(13)18(23)15-7-8-17(26-15)21(24)25/h1-9,13,22H,10H2/t13-/m0/s1. The van der Waals surface area contributed by atoms with E-state index in [9.17, 15) is 20.0 Å². The molecule has 1 aliphatic heterocycles. The molecule has 4 rings (SSSR count). The summed E-state index contributed by atoms with van der Waals surface area (Å²) in [6.07, 6.45) is 0.409. The first-order valence-corrected chi connectivity index (χ1v) is 8.89. The van der Waals surface area contributed by atoms with Crippen molar-refractivity contribution >= 4 is 28.8 Å². The number of hydrogen-bond acceptors (Lipinski definition) is 7. The van der Waals surface area contributed by atoms with Gasteiger partial charge in [-0.2, -0.15) is 5.10 Å². The summed E-state index contributed by atoms with van der Waals surface area (Å²) in [5, 5.41) is 28.6. The minimum atomic E-state index is -0.707. The van der Waals surface area contributed by atoms with Crippen LogP contribution in [-0.4, -0.2) is 26.7 Å². The Balaban J connectivity index is 1.73. The molecule has 1 aliphatic rings. The molecular weight excluding hydrogens is 370 g/mol. The van der Waals surface area contributed by atoms with Crippen molar-refractivity contribution in [2.75, 3.05) is 0 Å². The van der Waals surface area contributed by atoms with Gasteiger partial charge in [-0.1, -0.05) is 24.3 Å². The lowest BCUT2D eigenvalue weighted by molar-refractivity contribution is -0.402. The number of thiophene rings is 1. The Labute approximate surface area is 157 Å². The Morgan fingerprint density at radius 2 is 2.07 bits per heavy atom. The van der Waals surface area contributed by atoms with Crippen LogP contribution < -0.4 is 0 Å². The third-order valence-electron chi connectivity index (χ3n) is 4.20. The molecule has 1 atom stereocenters. The fourth-order valence-electron chi connectivity index (χ4n) is 2.95. The highest BCUT2D eigenvalue weighted by atomic mass is 32.1. The Morgan fingerprint density at radius 3 is 2.74 bits per heavy atom. The molecule has 9 heteroatoms. The van der Waals surface area contributed by atoms with Crippen molar-refractivity contribution in [3.8, 4) is 5.75 Å². The van der Waals surface area contributed by atoms with Crippen molar-refractivity contribution in [3.63, 3.8) is 0 Å². The number of benzene rings is 1. The number of nitro groups is 1. The van der Waals surface area contributed by atoms with Gasteiger partial charge in [-0.15, -0.1) is 11.3 Å². The predicted octanol–water partition coefficient (Wildman–Crippen LogP) is 3.95. The monoisotopic (exact) mass is 383 g/mol. The molecule has 0 aliphatic carbocycles. The van der Waals surface area contributed by atoms with Gasteiger partial charge in [0, 0.05) is 12.0 Å². The van der Waals surface area contributed by atoms with Gasteiger partial charge >= 0.3 is 11.8 Å². The molecule has 1 amide bonds. The molecule has 0 unspecified atom stereocenters. The average Bonchev–Trinajstić information content (AvgIpc) is 3.40. The van der Waals surface area contributed by atoms with Gasteiger partial charge in [-0.3, -0.25) is 14.9 Å². The first kappa shape index (κ1) is 17.0. The molecule has 0 spiro atoms. The number of carbonyl (C=O) groups excluding carboxylic acids is 1. The van der Waals surface area contributed by atoms with Crippen LogP contribution in [0.1, 0.15) is 33.5 Å². The zero-order valence-corrected chi connectivity index (χ0v) is 14.6. The number of aromatic hydroxyl groups is 1. The van der Waals surface area contributed by atoms with Crippen LogP contribution in [-0.2, 0) is 0 Å². The van der Waals surface area contributed by atoms with E-state index in [4.69, 9.17) is 4.42 Å². The second-order valence-corrected chi connectivity index (χ2v) is 6.80. The maximum Gasteiger partial charge on any atom is 0.433 e. The molecule has 3 heterocycles. The molecule has 3 aromatic rings. The zero-order valence-electron chi connectivity index (χ0n) is 13.8. The fraction of sp³-hybridized carbons (Fsp3) is 0.111. The van der Waals surface area contributed by atoms with Crippen molar-refractivity contribution in [1.82, 2.24) is 5.01 Å². The van der Waals surface area contributed by atoms with E-state index in [1.54, 1.807) is 24.3 Å². The van der Waals surface area contributed by atoms with Crippen LogP contribution in [0.5, 0.6) is 5.75 Å². The molecule has 0 fully saturated rings. The molecule has 1 N–H and O–H groups in total. The summed E-state index contributed by atoms with van der Waals surface area (Å²) < 4.78 is 5.04. The van der Waals surface area contributed by atoms with Crippen LogP contribution in [0.2, 0.25) is 0 Å². The van der Waals surface area contributed by atoms with Crippen molar-refractivity contribution in [2.45, 2.75) is 12.5 Å². The van der Waals surface area contributed by atoms with E-state index in [-0.39, 0.29) is 11.5 Å². The van der Waals surface area contributed by atoms with Gasteiger partial charge in [0.1, 0.15) is 10.7 Å². The quantitative estimate of drug-likeness (QED) is 0.542. The van der Waals surface area contributed by atoms with E-state index in [0.717, 1.165) is 10.9 Å². The van der Waals surface area contributed by atoms with Crippen molar-refractivity contribution in [2.24, 2.45) is 5.10 Å². The topological polar surface area (TPSA) is 109 Å². The van der Waals surface area contributed by atoms with E-state index in [1.165, 1.54) is 22.4 Å². The summed E-state index contributed by atoms with van der Waals surface area (Å²) in [5.74, 6) is -1.26. The molecule has 1 aromatic carbocycles. The lowest BCUT2D eigenvalue weighted by Crippen LogP contribution is -2.26. The Morgan fingerprint density at radius 1 is 1.26 bits per heavy atom. The first-order valence-electron chi connectivity index (χ1n) is 8.01. The van der Waals surface area contributed by atoms with Crippen LogP contribution in [0.4, 0.5) is 5.88 Å². The smallest absolute Gasteiger partial charge is 0.433 e. The number of nitrogens with zero attached hydrogens (tertiary/aromatic N) is 3. The number of phenols is 1. The van der Waals surface area contributed by atoms with Crippen LogP contribution >= 0.6 is 11.3 Å². The largest absolute Gasteiger partial charge is 0.508 e. The van der Waals surface area contributed by atoms with Crippen molar-refractivity contribution in [1.29, 1.82) is 0 Å². The van der Waals surface area contributed by atoms with Crippen LogP contribution in [0.25, 0.3) is 0 Å². The number of furan rings is 1. The van der Waals surface area contributed by atoms with Crippen molar-refractivity contribution in [3.05, 3.63) is 80.2 Å². The number of hydrogen-bond donors (Lipinski definition) is 1. The maximum absolute atomic E-state index is 12.9. The summed E-state index contributed by atoms with van der Waals surface area (Å²) >= 11 is 1.50. The van der Waals surface area contributed by atoms with E-state index < -0.39 is 22.8 Å². The van der Waals surface area contributed by atoms with Gasteiger partial charge in [-0.05, 0) is 23.6 Å². The number of rotatable bonds is 4. The predicted molar refractivity (Wildman–Crippen MR) is 97.9 cm³/mol. The van der Waals surface area contributed by atoms with Crippen LogP contribution in [0.3, 0.4) is 0 Å². The Bertz CT molecular complexity index is 1040. The van der Waals surface area contributed by atoms with E-state index in [1.807, 2.05) is 17.5 Å². The molecule has 2 aromatic heterocycles. The SMILES string of the molecule is O=C(c1ccc([N+](=O)[O-])o1)N1N=C(c2cccs2)C[C@H]1c1ccccc1O. The lowest BCUT2D eigenvalue weighted by Gasteiger charge is -2.21. The van der Waals surface area contributed by atoms with E-state index in [2.05, 4.69) is 5.10 Å². The second-order valence-electron chi connectivity index (χ2n) is 5.85. The third-order valence-corrected chi connectivity index (χ3v) is 5.12. The summed E-state index contributed by atoms with van der Waals surface area (Å²) in [6, 6.07) is 12.3. The second kappa shape index (κ2) is 6.69. The van der Waals surface area contributed by atoms with E-state index in [0.29, 0.717) is 17.7 Å². The third kappa shape index (κ3) is 3.08. The van der Waals surface area contributed by atoms with Crippen LogP contribution in [0, 0.1) is 10.1 Å². The highest BCUT2D eigenvalue weighted by Gasteiger charge is 2.37. The van der Waals surface area contributed by atoms with Crippen LogP contribution in [0.15, 0.2) is 63.4 Å². The molecule has 0 radical (unpaired) electrons. The normalized spacial score (nSPS) is 16.4. The van der Waals surface area contributed by atoms with E-state index >= 15 is 0 Å². The van der Waals surface area contributed by atoms with Gasteiger partial charge in [0.15, 0.2) is 0 Å². The molecule has 0 saturated carbocycles. The van der Waals surface area contributed by atoms with Gasteiger partial charge < -0.3 is 9.52 Å². The minimum absolute atomic E-state index is 0.0494. The fourth-order valence-corrected chi connectivity index (χ4v) is 3.68. The van der Waals surface area contributed by atoms with Gasteiger partial charge in [0.2, 0.25) is 5.76 Å². The lowest BCUT2D eigenvalue weighted by atomic mass is 10.00. The molecule has 0 saturated heterocycles. The number of carbonyl (C=O) groups is 1. The first-order chi connectivity index (χ1) is 13.0. The summed E-state index contributed by atoms with van der Waals surface area (Å²) in [6.45, 7) is 0. The molecule has 27 heavy (non-hydrogen) atoms. The Hall–Kier alpha value is -3.46. The summed E-state index contributed by atoms with van der Waals surface area (Å²) in [4.78, 5) is 23.9.